The first-order valence-electron chi connectivity index (χ1n) is 9.56. The number of halogens is 2. The maximum Gasteiger partial charge on any atom is 0.326 e. The first-order valence-corrected chi connectivity index (χ1v) is 10.3. The van der Waals surface area contributed by atoms with Crippen LogP contribution in [0.25, 0.3) is 10.9 Å². The average molecular weight is 461 g/mol. The topological polar surface area (TPSA) is 88.5 Å². The number of ether oxygens (including phenoxy) is 1. The highest BCUT2D eigenvalue weighted by atomic mass is 35.5. The van der Waals surface area contributed by atoms with Crippen LogP contribution >= 0.6 is 23.2 Å². The van der Waals surface area contributed by atoms with Gasteiger partial charge in [-0.05, 0) is 35.2 Å². The number of nitrogens with one attached hydrogen (secondary N) is 1. The number of carboxylic acid groups (broad SMARTS) is 1. The van der Waals surface area contributed by atoms with Crippen molar-refractivity contribution >= 4 is 46.0 Å². The first-order chi connectivity index (χ1) is 14.6. The Kier molecular flexibility index (Phi) is 6.72. The van der Waals surface area contributed by atoms with Gasteiger partial charge in [0.2, 0.25) is 0 Å². The second-order valence-corrected chi connectivity index (χ2v) is 8.98. The fourth-order valence-corrected chi connectivity index (χ4v) is 3.41. The molecular formula is C23H22Cl2N2O4. The minimum atomic E-state index is -1.11. The molecule has 0 unspecified atom stereocenters. The van der Waals surface area contributed by atoms with E-state index in [1.54, 1.807) is 63.4 Å². The maximum absolute atomic E-state index is 13.1. The number of fused-ring (bicyclic) bond motifs is 1. The molecule has 0 radical (unpaired) electrons. The second-order valence-electron chi connectivity index (χ2n) is 8.17. The molecule has 0 saturated heterocycles. The summed E-state index contributed by atoms with van der Waals surface area (Å²) in [6.45, 7) is 5.36. The minimum absolute atomic E-state index is 0.120. The number of benzene rings is 2. The van der Waals surface area contributed by atoms with E-state index in [0.717, 1.165) is 10.9 Å². The van der Waals surface area contributed by atoms with Gasteiger partial charge in [-0.2, -0.15) is 0 Å². The molecule has 8 heteroatoms. The Morgan fingerprint density at radius 3 is 2.52 bits per heavy atom. The van der Waals surface area contributed by atoms with Crippen LogP contribution in [0, 0.1) is 5.41 Å². The Bertz CT molecular complexity index is 1140. The largest absolute Gasteiger partial charge is 0.486 e. The lowest BCUT2D eigenvalue weighted by molar-refractivity contribution is -0.142. The molecule has 162 valence electrons. The van der Waals surface area contributed by atoms with E-state index in [2.05, 4.69) is 10.3 Å². The van der Waals surface area contributed by atoms with Gasteiger partial charge in [-0.15, -0.1) is 0 Å². The number of carbonyl (C=O) groups excluding carboxylic acids is 1. The van der Waals surface area contributed by atoms with Crippen molar-refractivity contribution in [3.63, 3.8) is 0 Å². The molecule has 1 aromatic heterocycles. The fourth-order valence-electron chi connectivity index (χ4n) is 3.09. The normalized spacial score (nSPS) is 12.4. The lowest BCUT2D eigenvalue weighted by atomic mass is 9.86. The monoisotopic (exact) mass is 460 g/mol. The summed E-state index contributed by atoms with van der Waals surface area (Å²) in [7, 11) is 0. The third kappa shape index (κ3) is 5.27. The summed E-state index contributed by atoms with van der Waals surface area (Å²) >= 11 is 12.1. The van der Waals surface area contributed by atoms with Crippen LogP contribution in [-0.4, -0.2) is 28.0 Å². The number of carboxylic acids is 1. The number of nitrogens with zero attached hydrogens (tertiary/aromatic N) is 1. The van der Waals surface area contributed by atoms with E-state index < -0.39 is 23.3 Å². The molecule has 3 aromatic rings. The van der Waals surface area contributed by atoms with Gasteiger partial charge in [0.15, 0.2) is 5.75 Å². The Labute approximate surface area is 190 Å². The van der Waals surface area contributed by atoms with E-state index in [1.807, 2.05) is 6.07 Å². The summed E-state index contributed by atoms with van der Waals surface area (Å²) in [4.78, 5) is 29.1. The number of aromatic nitrogens is 1. The molecule has 2 aromatic carbocycles. The molecule has 1 amide bonds. The number of pyridine rings is 1. The summed E-state index contributed by atoms with van der Waals surface area (Å²) < 4.78 is 6.01. The van der Waals surface area contributed by atoms with Gasteiger partial charge < -0.3 is 15.2 Å². The summed E-state index contributed by atoms with van der Waals surface area (Å²) in [6.07, 6.45) is 1.60. The molecule has 0 aliphatic carbocycles. The van der Waals surface area contributed by atoms with Gasteiger partial charge >= 0.3 is 5.97 Å². The minimum Gasteiger partial charge on any atom is -0.486 e. The fraction of sp³-hybridized carbons (Fsp3) is 0.261. The quantitative estimate of drug-likeness (QED) is 0.517. The van der Waals surface area contributed by atoms with Gasteiger partial charge in [-0.3, -0.25) is 9.78 Å². The Morgan fingerprint density at radius 2 is 1.87 bits per heavy atom. The third-order valence-corrected chi connectivity index (χ3v) is 5.47. The van der Waals surface area contributed by atoms with E-state index in [-0.39, 0.29) is 17.9 Å². The van der Waals surface area contributed by atoms with Crippen molar-refractivity contribution in [1.29, 1.82) is 0 Å². The van der Waals surface area contributed by atoms with Crippen LogP contribution in [0.4, 0.5) is 0 Å². The molecule has 3 rings (SSSR count). The van der Waals surface area contributed by atoms with Crippen LogP contribution in [0.15, 0.2) is 48.7 Å². The molecule has 0 saturated carbocycles. The van der Waals surface area contributed by atoms with E-state index in [0.29, 0.717) is 15.6 Å². The van der Waals surface area contributed by atoms with E-state index in [4.69, 9.17) is 27.9 Å². The molecule has 0 bridgehead atoms. The van der Waals surface area contributed by atoms with Crippen molar-refractivity contribution in [1.82, 2.24) is 10.3 Å². The molecule has 6 nitrogen and oxygen atoms in total. The molecule has 0 aliphatic heterocycles. The second kappa shape index (κ2) is 9.12. The predicted octanol–water partition coefficient (Wildman–Crippen LogP) is 5.35. The van der Waals surface area contributed by atoms with Crippen LogP contribution in [0.2, 0.25) is 10.0 Å². The number of hydrogen-bond donors (Lipinski definition) is 2. The molecular weight excluding hydrogens is 439 g/mol. The van der Waals surface area contributed by atoms with Crippen molar-refractivity contribution in [3.8, 4) is 5.75 Å². The summed E-state index contributed by atoms with van der Waals surface area (Å²) in [5, 5.41) is 13.8. The Balaban J connectivity index is 1.98. The molecule has 1 atom stereocenters. The summed E-state index contributed by atoms with van der Waals surface area (Å²) in [5.41, 5.74) is 0.768. The van der Waals surface area contributed by atoms with E-state index >= 15 is 0 Å². The van der Waals surface area contributed by atoms with Crippen LogP contribution in [0.3, 0.4) is 0 Å². The van der Waals surface area contributed by atoms with Crippen LogP contribution in [-0.2, 0) is 11.4 Å². The van der Waals surface area contributed by atoms with Gasteiger partial charge in [0, 0.05) is 11.6 Å². The maximum atomic E-state index is 13.1. The zero-order chi connectivity index (χ0) is 22.8. The molecule has 1 heterocycles. The van der Waals surface area contributed by atoms with E-state index in [1.165, 1.54) is 0 Å². The number of carbonyl (C=O) groups is 2. The van der Waals surface area contributed by atoms with Crippen molar-refractivity contribution in [2.24, 2.45) is 5.41 Å². The van der Waals surface area contributed by atoms with Crippen molar-refractivity contribution in [2.75, 3.05) is 0 Å². The van der Waals surface area contributed by atoms with Gasteiger partial charge in [0.25, 0.3) is 5.91 Å². The zero-order valence-electron chi connectivity index (χ0n) is 17.3. The lowest BCUT2D eigenvalue weighted by Gasteiger charge is -2.28. The highest BCUT2D eigenvalue weighted by molar-refractivity contribution is 6.42. The van der Waals surface area contributed by atoms with E-state index in [9.17, 15) is 14.7 Å². The van der Waals surface area contributed by atoms with Crippen molar-refractivity contribution < 1.29 is 19.4 Å². The molecule has 0 fully saturated rings. The molecule has 31 heavy (non-hydrogen) atoms. The van der Waals surface area contributed by atoms with Crippen LogP contribution in [0.1, 0.15) is 36.7 Å². The highest BCUT2D eigenvalue weighted by Crippen LogP contribution is 2.31. The standard InChI is InChI=1S/C23H22Cl2N2O4/c1-23(2,3)20(22(29)30)27-21(28)15-8-7-14-5-4-10-26-18(14)19(15)31-12-13-6-9-16(24)17(25)11-13/h4-11,20H,12H2,1-3H3,(H,27,28)(H,29,30)/t20-/m1/s1. The Morgan fingerprint density at radius 1 is 1.13 bits per heavy atom. The zero-order valence-corrected chi connectivity index (χ0v) is 18.8. The van der Waals surface area contributed by atoms with Crippen LogP contribution in [0.5, 0.6) is 5.75 Å². The van der Waals surface area contributed by atoms with Gasteiger partial charge in [0.05, 0.1) is 15.6 Å². The van der Waals surface area contributed by atoms with Gasteiger partial charge in [-0.1, -0.05) is 62.2 Å². The van der Waals surface area contributed by atoms with Crippen molar-refractivity contribution in [3.05, 3.63) is 69.8 Å². The SMILES string of the molecule is CC(C)(C)[C@H](NC(=O)c1ccc2cccnc2c1OCc1ccc(Cl)c(Cl)c1)C(=O)O. The molecule has 0 spiro atoms. The highest BCUT2D eigenvalue weighted by Gasteiger charge is 2.33. The number of aliphatic carboxylic acids is 1. The molecule has 2 N–H and O–H groups in total. The van der Waals surface area contributed by atoms with Gasteiger partial charge in [-0.25, -0.2) is 4.79 Å². The first kappa shape index (κ1) is 22.8. The summed E-state index contributed by atoms with van der Waals surface area (Å²) in [5.74, 6) is -1.41. The lowest BCUT2D eigenvalue weighted by Crippen LogP contribution is -2.49. The predicted molar refractivity (Wildman–Crippen MR) is 121 cm³/mol. The van der Waals surface area contributed by atoms with Crippen LogP contribution < -0.4 is 10.1 Å². The third-order valence-electron chi connectivity index (χ3n) is 4.73. The molecule has 0 aliphatic rings. The number of hydrogen-bond acceptors (Lipinski definition) is 4. The van der Waals surface area contributed by atoms with Gasteiger partial charge in [0.1, 0.15) is 18.2 Å². The number of rotatable bonds is 6. The number of amides is 1. The smallest absolute Gasteiger partial charge is 0.326 e. The Hall–Kier alpha value is -2.83. The average Bonchev–Trinajstić information content (AvgIpc) is 2.71. The van der Waals surface area contributed by atoms with Crippen molar-refractivity contribution in [2.45, 2.75) is 33.4 Å². The summed E-state index contributed by atoms with van der Waals surface area (Å²) in [6, 6.07) is 11.0.